The monoisotopic (exact) mass is 303 g/mol. The molecule has 94 valence electrons. The molecule has 0 atom stereocenters. The molecule has 0 fully saturated rings. The van der Waals surface area contributed by atoms with Gasteiger partial charge in [0.1, 0.15) is 5.82 Å². The Morgan fingerprint density at radius 2 is 1.72 bits per heavy atom. The Morgan fingerprint density at radius 3 is 2.44 bits per heavy atom. The van der Waals surface area contributed by atoms with E-state index in [1.807, 2.05) is 0 Å². The second-order valence-corrected chi connectivity index (χ2v) is 4.96. The molecule has 0 bridgehead atoms. The van der Waals surface area contributed by atoms with Gasteiger partial charge in [-0.05, 0) is 42.0 Å². The lowest BCUT2D eigenvalue weighted by molar-refractivity contribution is 0.628. The summed E-state index contributed by atoms with van der Waals surface area (Å²) in [6.07, 6.45) is 0. The van der Waals surface area contributed by atoms with E-state index >= 15 is 0 Å². The summed E-state index contributed by atoms with van der Waals surface area (Å²) in [7, 11) is 0. The minimum absolute atomic E-state index is 0.327. The molecular formula is C13H9Cl3FN. The number of hydrogen-bond donors (Lipinski definition) is 1. The Morgan fingerprint density at radius 1 is 0.944 bits per heavy atom. The van der Waals surface area contributed by atoms with Crippen molar-refractivity contribution in [1.82, 2.24) is 0 Å². The van der Waals surface area contributed by atoms with Crippen LogP contribution >= 0.6 is 34.8 Å². The highest BCUT2D eigenvalue weighted by atomic mass is 35.5. The van der Waals surface area contributed by atoms with E-state index in [2.05, 4.69) is 5.32 Å². The van der Waals surface area contributed by atoms with Crippen LogP contribution in [0.15, 0.2) is 36.4 Å². The lowest BCUT2D eigenvalue weighted by atomic mass is 10.2. The normalized spacial score (nSPS) is 10.4. The average Bonchev–Trinajstić information content (AvgIpc) is 2.32. The third-order valence-corrected chi connectivity index (χ3v) is 3.32. The zero-order valence-electron chi connectivity index (χ0n) is 9.18. The van der Waals surface area contributed by atoms with Crippen LogP contribution in [0.2, 0.25) is 15.1 Å². The van der Waals surface area contributed by atoms with Crippen LogP contribution in [0.1, 0.15) is 5.56 Å². The maximum Gasteiger partial charge on any atom is 0.124 e. The highest BCUT2D eigenvalue weighted by molar-refractivity contribution is 6.34. The molecular weight excluding hydrogens is 296 g/mol. The molecule has 0 radical (unpaired) electrons. The molecule has 2 aromatic carbocycles. The van der Waals surface area contributed by atoms with E-state index in [0.29, 0.717) is 27.3 Å². The van der Waals surface area contributed by atoms with Crippen molar-refractivity contribution in [2.24, 2.45) is 0 Å². The Bertz CT molecular complexity index is 572. The molecule has 0 saturated carbocycles. The van der Waals surface area contributed by atoms with E-state index in [-0.39, 0.29) is 5.82 Å². The molecule has 0 unspecified atom stereocenters. The van der Waals surface area contributed by atoms with Gasteiger partial charge in [0.05, 0.1) is 10.7 Å². The van der Waals surface area contributed by atoms with Crippen LogP contribution in [0.25, 0.3) is 0 Å². The highest BCUT2D eigenvalue weighted by Crippen LogP contribution is 2.25. The Kier molecular flexibility index (Phi) is 4.33. The van der Waals surface area contributed by atoms with Gasteiger partial charge < -0.3 is 5.32 Å². The fourth-order valence-corrected chi connectivity index (χ4v) is 2.12. The summed E-state index contributed by atoms with van der Waals surface area (Å²) in [6.45, 7) is 0.463. The first-order chi connectivity index (χ1) is 8.56. The molecule has 0 aliphatic carbocycles. The van der Waals surface area contributed by atoms with Crippen LogP contribution in [0.5, 0.6) is 0 Å². The van der Waals surface area contributed by atoms with Crippen LogP contribution in [0, 0.1) is 5.82 Å². The molecule has 1 N–H and O–H groups in total. The van der Waals surface area contributed by atoms with E-state index in [0.717, 1.165) is 5.56 Å². The first-order valence-electron chi connectivity index (χ1n) is 5.19. The van der Waals surface area contributed by atoms with Crippen LogP contribution in [-0.4, -0.2) is 0 Å². The molecule has 0 aliphatic rings. The van der Waals surface area contributed by atoms with Gasteiger partial charge in [0.15, 0.2) is 0 Å². The van der Waals surface area contributed by atoms with E-state index in [9.17, 15) is 4.39 Å². The van der Waals surface area contributed by atoms with Gasteiger partial charge in [-0.2, -0.15) is 0 Å². The lowest BCUT2D eigenvalue weighted by Crippen LogP contribution is -2.00. The zero-order chi connectivity index (χ0) is 13.1. The standard InChI is InChI=1S/C13H9Cl3FN/c14-9-1-3-11(15)8(5-9)7-18-13-4-2-10(17)6-12(13)16/h1-6,18H,7H2. The number of hydrogen-bond acceptors (Lipinski definition) is 1. The first kappa shape index (κ1) is 13.5. The molecule has 5 heteroatoms. The molecule has 0 spiro atoms. The molecule has 0 aliphatic heterocycles. The molecule has 0 amide bonds. The maximum atomic E-state index is 12.9. The summed E-state index contributed by atoms with van der Waals surface area (Å²) in [4.78, 5) is 0. The molecule has 0 heterocycles. The largest absolute Gasteiger partial charge is 0.380 e. The van der Waals surface area contributed by atoms with Gasteiger partial charge in [-0.1, -0.05) is 34.8 Å². The second-order valence-electron chi connectivity index (χ2n) is 3.71. The van der Waals surface area contributed by atoms with Gasteiger partial charge in [-0.3, -0.25) is 0 Å². The van der Waals surface area contributed by atoms with Crippen molar-refractivity contribution in [2.45, 2.75) is 6.54 Å². The quantitative estimate of drug-likeness (QED) is 0.800. The van der Waals surface area contributed by atoms with Crippen molar-refractivity contribution in [3.05, 3.63) is 62.8 Å². The second kappa shape index (κ2) is 5.79. The maximum absolute atomic E-state index is 12.9. The van der Waals surface area contributed by atoms with Crippen LogP contribution in [0.4, 0.5) is 10.1 Å². The summed E-state index contributed by atoms with van der Waals surface area (Å²) in [6, 6.07) is 9.40. The fourth-order valence-electron chi connectivity index (χ4n) is 1.50. The van der Waals surface area contributed by atoms with Crippen molar-refractivity contribution < 1.29 is 4.39 Å². The SMILES string of the molecule is Fc1ccc(NCc2cc(Cl)ccc2Cl)c(Cl)c1. The topological polar surface area (TPSA) is 12.0 Å². The lowest BCUT2D eigenvalue weighted by Gasteiger charge is -2.10. The minimum atomic E-state index is -0.369. The summed E-state index contributed by atoms with van der Waals surface area (Å²) in [5, 5.41) is 4.64. The van der Waals surface area contributed by atoms with E-state index in [1.165, 1.54) is 12.1 Å². The first-order valence-corrected chi connectivity index (χ1v) is 6.32. The number of nitrogens with one attached hydrogen (secondary N) is 1. The summed E-state index contributed by atoms with van der Waals surface area (Å²) < 4.78 is 12.9. The predicted octanol–water partition coefficient (Wildman–Crippen LogP) is 5.40. The van der Waals surface area contributed by atoms with E-state index < -0.39 is 0 Å². The molecule has 2 rings (SSSR count). The van der Waals surface area contributed by atoms with Gasteiger partial charge in [0.25, 0.3) is 0 Å². The van der Waals surface area contributed by atoms with Crippen molar-refractivity contribution in [3.63, 3.8) is 0 Å². The van der Waals surface area contributed by atoms with Gasteiger partial charge in [0, 0.05) is 16.6 Å². The minimum Gasteiger partial charge on any atom is -0.380 e. The highest BCUT2D eigenvalue weighted by Gasteiger charge is 2.04. The molecule has 1 nitrogen and oxygen atoms in total. The van der Waals surface area contributed by atoms with Crippen molar-refractivity contribution in [3.8, 4) is 0 Å². The van der Waals surface area contributed by atoms with Crippen LogP contribution < -0.4 is 5.32 Å². The van der Waals surface area contributed by atoms with Crippen LogP contribution in [0.3, 0.4) is 0 Å². The third-order valence-electron chi connectivity index (χ3n) is 2.41. The van der Waals surface area contributed by atoms with Crippen molar-refractivity contribution in [1.29, 1.82) is 0 Å². The zero-order valence-corrected chi connectivity index (χ0v) is 11.5. The predicted molar refractivity (Wildman–Crippen MR) is 75.2 cm³/mol. The van der Waals surface area contributed by atoms with Gasteiger partial charge >= 0.3 is 0 Å². The third kappa shape index (κ3) is 3.29. The number of anilines is 1. The van der Waals surface area contributed by atoms with E-state index in [1.54, 1.807) is 24.3 Å². The van der Waals surface area contributed by atoms with Crippen molar-refractivity contribution in [2.75, 3.05) is 5.32 Å². The number of rotatable bonds is 3. The van der Waals surface area contributed by atoms with Crippen molar-refractivity contribution >= 4 is 40.5 Å². The molecule has 0 saturated heterocycles. The van der Waals surface area contributed by atoms with Gasteiger partial charge in [0.2, 0.25) is 0 Å². The Labute approximate surface area is 119 Å². The Hall–Kier alpha value is -0.960. The average molecular weight is 305 g/mol. The van der Waals surface area contributed by atoms with E-state index in [4.69, 9.17) is 34.8 Å². The van der Waals surface area contributed by atoms with Gasteiger partial charge in [-0.15, -0.1) is 0 Å². The van der Waals surface area contributed by atoms with Crippen LogP contribution in [-0.2, 0) is 6.54 Å². The molecule has 2 aromatic rings. The molecule has 18 heavy (non-hydrogen) atoms. The number of halogens is 4. The summed E-state index contributed by atoms with van der Waals surface area (Å²) in [5.41, 5.74) is 1.50. The Balaban J connectivity index is 2.13. The summed E-state index contributed by atoms with van der Waals surface area (Å²) in [5.74, 6) is -0.369. The van der Waals surface area contributed by atoms with Gasteiger partial charge in [-0.25, -0.2) is 4.39 Å². The molecule has 0 aromatic heterocycles. The summed E-state index contributed by atoms with van der Waals surface area (Å²) >= 11 is 17.8. The smallest absolute Gasteiger partial charge is 0.124 e. The number of benzene rings is 2. The fraction of sp³-hybridized carbons (Fsp3) is 0.0769.